The maximum atomic E-state index is 12.0. The summed E-state index contributed by atoms with van der Waals surface area (Å²) in [5, 5.41) is 10.9. The van der Waals surface area contributed by atoms with Crippen LogP contribution in [0.15, 0.2) is 53.5 Å². The number of carbonyl (C=O) groups excluding carboxylic acids is 1. The second kappa shape index (κ2) is 6.36. The predicted molar refractivity (Wildman–Crippen MR) is 89.6 cm³/mol. The van der Waals surface area contributed by atoms with Gasteiger partial charge in [0.1, 0.15) is 0 Å². The van der Waals surface area contributed by atoms with Gasteiger partial charge in [-0.3, -0.25) is 4.99 Å². The molecule has 0 atom stereocenters. The van der Waals surface area contributed by atoms with Crippen LogP contribution in [0.1, 0.15) is 22.8 Å². The van der Waals surface area contributed by atoms with Crippen LogP contribution in [0.4, 0.5) is 5.69 Å². The third-order valence-electron chi connectivity index (χ3n) is 3.46. The fourth-order valence-corrected chi connectivity index (χ4v) is 2.38. The number of H-pyrrole nitrogens is 1. The number of para-hydroxylation sites is 2. The van der Waals surface area contributed by atoms with Crippen molar-refractivity contribution < 1.29 is 14.6 Å². The van der Waals surface area contributed by atoms with E-state index in [1.165, 1.54) is 0 Å². The fourth-order valence-electron chi connectivity index (χ4n) is 2.38. The fraction of sp³-hybridized carbons (Fsp3) is 0.111. The third kappa shape index (κ3) is 2.94. The topological polar surface area (TPSA) is 74.7 Å². The van der Waals surface area contributed by atoms with E-state index in [1.807, 2.05) is 24.3 Å². The van der Waals surface area contributed by atoms with E-state index < -0.39 is 5.97 Å². The van der Waals surface area contributed by atoms with E-state index in [-0.39, 0.29) is 5.88 Å². The number of nitrogens with one attached hydrogen (secondary N) is 1. The minimum Gasteiger partial charge on any atom is -0.494 e. The number of aromatic nitrogens is 1. The highest BCUT2D eigenvalue weighted by Gasteiger charge is 2.12. The number of rotatable bonds is 4. The van der Waals surface area contributed by atoms with E-state index in [2.05, 4.69) is 9.98 Å². The van der Waals surface area contributed by atoms with Gasteiger partial charge in [0.05, 0.1) is 23.4 Å². The molecule has 5 nitrogen and oxygen atoms in total. The third-order valence-corrected chi connectivity index (χ3v) is 3.46. The van der Waals surface area contributed by atoms with E-state index in [4.69, 9.17) is 4.74 Å². The predicted octanol–water partition coefficient (Wildman–Crippen LogP) is 3.80. The molecule has 3 rings (SSSR count). The number of nitrogens with zero attached hydrogens (tertiary/aromatic N) is 1. The number of carbonyl (C=O) groups is 1. The van der Waals surface area contributed by atoms with Gasteiger partial charge in [-0.15, -0.1) is 0 Å². The molecule has 0 aliphatic rings. The molecule has 0 unspecified atom stereocenters. The minimum absolute atomic E-state index is 0.0450. The Hall–Kier alpha value is -3.08. The second-order valence-electron chi connectivity index (χ2n) is 4.93. The van der Waals surface area contributed by atoms with E-state index in [0.29, 0.717) is 23.4 Å². The molecule has 1 heterocycles. The number of hydrogen-bond acceptors (Lipinski definition) is 4. The first kappa shape index (κ1) is 14.8. The lowest BCUT2D eigenvalue weighted by Gasteiger charge is -2.04. The molecule has 0 saturated heterocycles. The maximum Gasteiger partial charge on any atom is 0.340 e. The Morgan fingerprint density at radius 3 is 2.78 bits per heavy atom. The van der Waals surface area contributed by atoms with Crippen molar-refractivity contribution in [3.63, 3.8) is 0 Å². The summed E-state index contributed by atoms with van der Waals surface area (Å²) in [5.74, 6) is -0.369. The smallest absolute Gasteiger partial charge is 0.340 e. The van der Waals surface area contributed by atoms with Gasteiger partial charge in [-0.05, 0) is 25.1 Å². The highest BCUT2D eigenvalue weighted by Crippen LogP contribution is 2.27. The lowest BCUT2D eigenvalue weighted by atomic mass is 10.1. The van der Waals surface area contributed by atoms with Crippen LogP contribution in [-0.2, 0) is 4.74 Å². The van der Waals surface area contributed by atoms with Crippen molar-refractivity contribution in [1.82, 2.24) is 4.98 Å². The van der Waals surface area contributed by atoms with E-state index >= 15 is 0 Å². The molecule has 0 fully saturated rings. The first-order valence-corrected chi connectivity index (χ1v) is 7.30. The monoisotopic (exact) mass is 308 g/mol. The summed E-state index contributed by atoms with van der Waals surface area (Å²) in [4.78, 5) is 19.2. The lowest BCUT2D eigenvalue weighted by molar-refractivity contribution is 0.0527. The Morgan fingerprint density at radius 1 is 1.22 bits per heavy atom. The van der Waals surface area contributed by atoms with Crippen molar-refractivity contribution in [3.05, 3.63) is 59.7 Å². The number of fused-ring (bicyclic) bond motifs is 1. The quantitative estimate of drug-likeness (QED) is 0.568. The van der Waals surface area contributed by atoms with Crippen LogP contribution >= 0.6 is 0 Å². The van der Waals surface area contributed by atoms with Crippen molar-refractivity contribution in [1.29, 1.82) is 0 Å². The number of aromatic hydroxyl groups is 1. The summed E-state index contributed by atoms with van der Waals surface area (Å²) in [6, 6.07) is 14.5. The number of hydrogen-bond donors (Lipinski definition) is 2. The van der Waals surface area contributed by atoms with Crippen molar-refractivity contribution in [2.45, 2.75) is 6.92 Å². The van der Waals surface area contributed by atoms with Crippen LogP contribution in [-0.4, -0.2) is 28.9 Å². The van der Waals surface area contributed by atoms with Gasteiger partial charge in [-0.25, -0.2) is 4.79 Å². The van der Waals surface area contributed by atoms with Crippen LogP contribution < -0.4 is 0 Å². The molecule has 0 aliphatic carbocycles. The van der Waals surface area contributed by atoms with E-state index in [0.717, 1.165) is 10.9 Å². The molecule has 3 aromatic rings. The Labute approximate surface area is 133 Å². The molecular weight excluding hydrogens is 292 g/mol. The minimum atomic E-state index is -0.414. The molecule has 0 spiro atoms. The normalized spacial score (nSPS) is 11.2. The van der Waals surface area contributed by atoms with Gasteiger partial charge in [0, 0.05) is 17.1 Å². The number of ether oxygens (including phenoxy) is 1. The number of aromatic amines is 1. The second-order valence-corrected chi connectivity index (χ2v) is 4.93. The first-order valence-electron chi connectivity index (χ1n) is 7.30. The van der Waals surface area contributed by atoms with Crippen LogP contribution in [0.25, 0.3) is 10.9 Å². The average Bonchev–Trinajstić information content (AvgIpc) is 2.88. The summed E-state index contributed by atoms with van der Waals surface area (Å²) >= 11 is 0. The Balaban J connectivity index is 2.00. The van der Waals surface area contributed by atoms with Crippen LogP contribution in [0.5, 0.6) is 5.88 Å². The molecule has 1 aromatic heterocycles. The summed E-state index contributed by atoms with van der Waals surface area (Å²) in [7, 11) is 0. The van der Waals surface area contributed by atoms with Gasteiger partial charge >= 0.3 is 5.97 Å². The van der Waals surface area contributed by atoms with Crippen molar-refractivity contribution in [2.75, 3.05) is 6.61 Å². The molecule has 0 aliphatic heterocycles. The molecule has 23 heavy (non-hydrogen) atoms. The van der Waals surface area contributed by atoms with Gasteiger partial charge in [-0.1, -0.05) is 30.3 Å². The van der Waals surface area contributed by atoms with E-state index in [9.17, 15) is 9.90 Å². The van der Waals surface area contributed by atoms with Gasteiger partial charge in [-0.2, -0.15) is 0 Å². The molecular formula is C18H16N2O3. The SMILES string of the molecule is CCOC(=O)c1ccccc1N=Cc1c(O)[nH]c2ccccc12. The zero-order valence-electron chi connectivity index (χ0n) is 12.6. The van der Waals surface area contributed by atoms with Crippen molar-refractivity contribution >= 4 is 28.8 Å². The van der Waals surface area contributed by atoms with Gasteiger partial charge in [0.25, 0.3) is 0 Å². The number of esters is 1. The standard InChI is InChI=1S/C18H16N2O3/c1-2-23-18(22)13-8-4-5-9-15(13)19-11-14-12-7-3-6-10-16(12)20-17(14)21/h3-11,20-21H,2H2,1H3. The number of aliphatic imine (C=N–C) groups is 1. The molecule has 2 aromatic carbocycles. The Morgan fingerprint density at radius 2 is 1.96 bits per heavy atom. The Kier molecular flexibility index (Phi) is 4.10. The van der Waals surface area contributed by atoms with Gasteiger partial charge in [0.2, 0.25) is 0 Å². The van der Waals surface area contributed by atoms with Gasteiger partial charge < -0.3 is 14.8 Å². The molecule has 2 N–H and O–H groups in total. The first-order chi connectivity index (χ1) is 11.2. The summed E-state index contributed by atoms with van der Waals surface area (Å²) in [6.45, 7) is 2.06. The van der Waals surface area contributed by atoms with Crippen molar-refractivity contribution in [2.24, 2.45) is 4.99 Å². The Bertz CT molecular complexity index is 881. The highest BCUT2D eigenvalue weighted by atomic mass is 16.5. The molecule has 0 radical (unpaired) electrons. The van der Waals surface area contributed by atoms with Crippen molar-refractivity contribution in [3.8, 4) is 5.88 Å². The average molecular weight is 308 g/mol. The number of benzene rings is 2. The zero-order chi connectivity index (χ0) is 16.2. The van der Waals surface area contributed by atoms with E-state index in [1.54, 1.807) is 37.4 Å². The van der Waals surface area contributed by atoms with Crippen LogP contribution in [0.2, 0.25) is 0 Å². The van der Waals surface area contributed by atoms with Crippen LogP contribution in [0, 0.1) is 0 Å². The zero-order valence-corrected chi connectivity index (χ0v) is 12.6. The molecule has 5 heteroatoms. The highest BCUT2D eigenvalue weighted by molar-refractivity contribution is 6.03. The summed E-state index contributed by atoms with van der Waals surface area (Å²) < 4.78 is 5.03. The summed E-state index contributed by atoms with van der Waals surface area (Å²) in [6.07, 6.45) is 1.55. The van der Waals surface area contributed by atoms with Crippen LogP contribution in [0.3, 0.4) is 0 Å². The molecule has 0 saturated carbocycles. The largest absolute Gasteiger partial charge is 0.494 e. The molecule has 0 amide bonds. The molecule has 116 valence electrons. The summed E-state index contributed by atoms with van der Waals surface area (Å²) in [5.41, 5.74) is 2.30. The lowest BCUT2D eigenvalue weighted by Crippen LogP contribution is -2.04. The van der Waals surface area contributed by atoms with Gasteiger partial charge in [0.15, 0.2) is 5.88 Å². The molecule has 0 bridgehead atoms. The maximum absolute atomic E-state index is 12.0.